The van der Waals surface area contributed by atoms with Crippen molar-refractivity contribution in [3.8, 4) is 0 Å². The molecule has 0 saturated heterocycles. The summed E-state index contributed by atoms with van der Waals surface area (Å²) in [6.07, 6.45) is 0. The molecule has 3 nitrogen and oxygen atoms in total. The number of halogens is 2. The minimum atomic E-state index is -1.12. The molecule has 0 unspecified atom stereocenters. The van der Waals surface area contributed by atoms with Gasteiger partial charge in [0.25, 0.3) is 0 Å². The van der Waals surface area contributed by atoms with Crippen LogP contribution in [0, 0.1) is 11.6 Å². The number of nitrogens with two attached hydrogens (primary N) is 1. The predicted molar refractivity (Wildman–Crippen MR) is 73.7 cm³/mol. The molecule has 0 heterocycles. The van der Waals surface area contributed by atoms with E-state index in [0.717, 1.165) is 17.8 Å². The number of anilines is 1. The highest BCUT2D eigenvalue weighted by molar-refractivity contribution is 7.98. The molecule has 0 fully saturated rings. The van der Waals surface area contributed by atoms with E-state index in [4.69, 9.17) is 10.8 Å². The number of hydrogen-bond donors (Lipinski definition) is 2. The number of nitrogen functional groups attached to an aromatic ring is 1. The van der Waals surface area contributed by atoms with E-state index in [9.17, 15) is 13.6 Å². The topological polar surface area (TPSA) is 63.3 Å². The second kappa shape index (κ2) is 5.92. The van der Waals surface area contributed by atoms with Gasteiger partial charge in [0.2, 0.25) is 0 Å². The van der Waals surface area contributed by atoms with Gasteiger partial charge in [0.1, 0.15) is 11.6 Å². The zero-order valence-corrected chi connectivity index (χ0v) is 11.1. The van der Waals surface area contributed by atoms with Crippen LogP contribution in [-0.4, -0.2) is 11.1 Å². The number of aromatic carboxylic acids is 1. The van der Waals surface area contributed by atoms with Crippen molar-refractivity contribution in [3.05, 3.63) is 59.2 Å². The van der Waals surface area contributed by atoms with E-state index >= 15 is 0 Å². The maximum absolute atomic E-state index is 13.6. The third-order valence-electron chi connectivity index (χ3n) is 2.65. The fraction of sp³-hybridized carbons (Fsp3) is 0.0714. The summed E-state index contributed by atoms with van der Waals surface area (Å²) in [5, 5.41) is 8.87. The summed E-state index contributed by atoms with van der Waals surface area (Å²) in [5.74, 6) is -1.89. The molecule has 6 heteroatoms. The zero-order valence-electron chi connectivity index (χ0n) is 10.3. The molecule has 0 amide bonds. The van der Waals surface area contributed by atoms with Crippen molar-refractivity contribution in [2.75, 3.05) is 5.73 Å². The molecule has 104 valence electrons. The van der Waals surface area contributed by atoms with Crippen molar-refractivity contribution in [2.45, 2.75) is 10.6 Å². The SMILES string of the molecule is Nc1ccc(F)cc1SCc1cc(C(=O)O)ccc1F. The predicted octanol–water partition coefficient (Wildman–Crippen LogP) is 3.54. The molecule has 2 aromatic carbocycles. The molecule has 3 N–H and O–H groups in total. The van der Waals surface area contributed by atoms with Gasteiger partial charge in [-0.2, -0.15) is 0 Å². The summed E-state index contributed by atoms with van der Waals surface area (Å²) in [6, 6.07) is 7.50. The molecule has 2 rings (SSSR count). The van der Waals surface area contributed by atoms with E-state index in [1.807, 2.05) is 0 Å². The minimum absolute atomic E-state index is 0.00853. The molecule has 0 atom stereocenters. The van der Waals surface area contributed by atoms with E-state index in [1.165, 1.54) is 30.3 Å². The molecule has 20 heavy (non-hydrogen) atoms. The lowest BCUT2D eigenvalue weighted by Crippen LogP contribution is -1.99. The zero-order chi connectivity index (χ0) is 14.7. The first-order chi connectivity index (χ1) is 9.47. The summed E-state index contributed by atoms with van der Waals surface area (Å²) in [6.45, 7) is 0. The third-order valence-corrected chi connectivity index (χ3v) is 3.77. The van der Waals surface area contributed by atoms with E-state index in [0.29, 0.717) is 10.6 Å². The first kappa shape index (κ1) is 14.3. The van der Waals surface area contributed by atoms with Gasteiger partial charge in [-0.15, -0.1) is 11.8 Å². The number of benzene rings is 2. The highest BCUT2D eigenvalue weighted by Gasteiger charge is 2.10. The van der Waals surface area contributed by atoms with Crippen molar-refractivity contribution in [2.24, 2.45) is 0 Å². The fourth-order valence-electron chi connectivity index (χ4n) is 1.61. The van der Waals surface area contributed by atoms with Gasteiger partial charge in [0.05, 0.1) is 5.56 Å². The lowest BCUT2D eigenvalue weighted by atomic mass is 10.1. The quantitative estimate of drug-likeness (QED) is 0.669. The van der Waals surface area contributed by atoms with Crippen molar-refractivity contribution in [3.63, 3.8) is 0 Å². The Kier molecular flexibility index (Phi) is 4.24. The van der Waals surface area contributed by atoms with E-state index in [2.05, 4.69) is 0 Å². The number of carbonyl (C=O) groups is 1. The Morgan fingerprint density at radius 2 is 1.95 bits per heavy atom. The molecule has 0 spiro atoms. The Morgan fingerprint density at radius 3 is 2.65 bits per heavy atom. The highest BCUT2D eigenvalue weighted by atomic mass is 32.2. The number of thioether (sulfide) groups is 1. The number of rotatable bonds is 4. The highest BCUT2D eigenvalue weighted by Crippen LogP contribution is 2.29. The van der Waals surface area contributed by atoms with Crippen LogP contribution in [0.2, 0.25) is 0 Å². The maximum Gasteiger partial charge on any atom is 0.335 e. The normalized spacial score (nSPS) is 10.5. The van der Waals surface area contributed by atoms with Crippen LogP contribution in [0.4, 0.5) is 14.5 Å². The molecule has 0 aliphatic rings. The summed E-state index contributed by atoms with van der Waals surface area (Å²) < 4.78 is 26.7. The Balaban J connectivity index is 2.20. The van der Waals surface area contributed by atoms with Crippen molar-refractivity contribution in [1.82, 2.24) is 0 Å². The molecule has 0 aliphatic heterocycles. The molecule has 2 aromatic rings. The van der Waals surface area contributed by atoms with Gasteiger partial charge in [-0.25, -0.2) is 13.6 Å². The van der Waals surface area contributed by atoms with Gasteiger partial charge in [-0.1, -0.05) is 0 Å². The molecule has 0 bridgehead atoms. The average Bonchev–Trinajstić information content (AvgIpc) is 2.41. The number of carboxylic acids is 1. The van der Waals surface area contributed by atoms with Gasteiger partial charge in [-0.05, 0) is 42.0 Å². The van der Waals surface area contributed by atoms with Gasteiger partial charge >= 0.3 is 5.97 Å². The molecule has 0 aliphatic carbocycles. The first-order valence-corrected chi connectivity index (χ1v) is 6.65. The third kappa shape index (κ3) is 3.27. The minimum Gasteiger partial charge on any atom is -0.478 e. The second-order valence-electron chi connectivity index (χ2n) is 4.08. The Labute approximate surface area is 118 Å². The standard InChI is InChI=1S/C14H11F2NO2S/c15-10-2-4-12(17)13(6-10)20-7-9-5-8(14(18)19)1-3-11(9)16/h1-6H,7,17H2,(H,18,19). The second-order valence-corrected chi connectivity index (χ2v) is 5.10. The Morgan fingerprint density at radius 1 is 1.20 bits per heavy atom. The smallest absolute Gasteiger partial charge is 0.335 e. The monoisotopic (exact) mass is 295 g/mol. The van der Waals surface area contributed by atoms with Crippen LogP contribution in [0.25, 0.3) is 0 Å². The number of carboxylic acid groups (broad SMARTS) is 1. The van der Waals surface area contributed by atoms with Gasteiger partial charge in [0.15, 0.2) is 0 Å². The molecule has 0 aromatic heterocycles. The maximum atomic E-state index is 13.6. The van der Waals surface area contributed by atoms with Crippen molar-refractivity contribution < 1.29 is 18.7 Å². The molecular weight excluding hydrogens is 284 g/mol. The van der Waals surface area contributed by atoms with Crippen LogP contribution in [0.5, 0.6) is 0 Å². The lowest BCUT2D eigenvalue weighted by Gasteiger charge is -2.07. The van der Waals surface area contributed by atoms with E-state index in [1.54, 1.807) is 0 Å². The summed E-state index contributed by atoms with van der Waals surface area (Å²) >= 11 is 1.15. The van der Waals surface area contributed by atoms with Crippen LogP contribution in [0.3, 0.4) is 0 Å². The van der Waals surface area contributed by atoms with Crippen LogP contribution in [0.15, 0.2) is 41.3 Å². The van der Waals surface area contributed by atoms with E-state index < -0.39 is 17.6 Å². The Bertz CT molecular complexity index is 662. The van der Waals surface area contributed by atoms with Crippen LogP contribution >= 0.6 is 11.8 Å². The van der Waals surface area contributed by atoms with Crippen molar-refractivity contribution in [1.29, 1.82) is 0 Å². The van der Waals surface area contributed by atoms with Gasteiger partial charge in [-0.3, -0.25) is 0 Å². The molecular formula is C14H11F2NO2S. The summed E-state index contributed by atoms with van der Waals surface area (Å²) in [7, 11) is 0. The first-order valence-electron chi connectivity index (χ1n) is 5.67. The van der Waals surface area contributed by atoms with E-state index in [-0.39, 0.29) is 16.9 Å². The van der Waals surface area contributed by atoms with Crippen molar-refractivity contribution >= 4 is 23.4 Å². The van der Waals surface area contributed by atoms with Gasteiger partial charge < -0.3 is 10.8 Å². The Hall–Kier alpha value is -2.08. The lowest BCUT2D eigenvalue weighted by molar-refractivity contribution is 0.0696. The largest absolute Gasteiger partial charge is 0.478 e. The van der Waals surface area contributed by atoms with Crippen LogP contribution in [-0.2, 0) is 5.75 Å². The molecule has 0 radical (unpaired) electrons. The fourth-order valence-corrected chi connectivity index (χ4v) is 2.57. The summed E-state index contributed by atoms with van der Waals surface area (Å²) in [4.78, 5) is 11.3. The average molecular weight is 295 g/mol. The molecule has 0 saturated carbocycles. The van der Waals surface area contributed by atoms with Gasteiger partial charge in [0, 0.05) is 16.3 Å². The number of hydrogen-bond acceptors (Lipinski definition) is 3. The summed E-state index contributed by atoms with van der Waals surface area (Å²) in [5.41, 5.74) is 6.33. The van der Waals surface area contributed by atoms with Crippen LogP contribution < -0.4 is 5.73 Å². The van der Waals surface area contributed by atoms with Crippen LogP contribution in [0.1, 0.15) is 15.9 Å².